The minimum absolute atomic E-state index is 0.746. The van der Waals surface area contributed by atoms with E-state index in [4.69, 9.17) is 0 Å². The number of likely N-dealkylation sites (tertiary alicyclic amines) is 1. The van der Waals surface area contributed by atoms with Gasteiger partial charge >= 0.3 is 0 Å². The lowest BCUT2D eigenvalue weighted by Gasteiger charge is -2.31. The fourth-order valence-corrected chi connectivity index (χ4v) is 2.07. The molecule has 63 valence electrons. The molecule has 0 aliphatic carbocycles. The Balaban J connectivity index is 1.82. The molecule has 2 aliphatic rings. The van der Waals surface area contributed by atoms with Gasteiger partial charge in [-0.2, -0.15) is 0 Å². The molecule has 0 amide bonds. The first-order chi connectivity index (χ1) is 5.47. The van der Waals surface area contributed by atoms with Crippen molar-refractivity contribution in [2.75, 3.05) is 19.6 Å². The number of rotatable bonds is 1. The summed E-state index contributed by atoms with van der Waals surface area (Å²) >= 11 is 0. The van der Waals surface area contributed by atoms with Crippen LogP contribution in [0, 0.1) is 6.54 Å². The molecule has 0 spiro atoms. The van der Waals surface area contributed by atoms with Crippen LogP contribution in [0.15, 0.2) is 0 Å². The molecule has 2 heteroatoms. The Kier molecular flexibility index (Phi) is 2.44. The molecule has 1 atom stereocenters. The van der Waals surface area contributed by atoms with Gasteiger partial charge in [-0.15, -0.1) is 0 Å². The smallest absolute Gasteiger partial charge is 0.0393 e. The first-order valence-electron chi connectivity index (χ1n) is 4.77. The van der Waals surface area contributed by atoms with Gasteiger partial charge in [-0.1, -0.05) is 6.42 Å². The van der Waals surface area contributed by atoms with Gasteiger partial charge in [0.15, 0.2) is 0 Å². The topological polar surface area (TPSA) is 15.3 Å². The summed E-state index contributed by atoms with van der Waals surface area (Å²) in [6, 6.07) is 0.746. The zero-order valence-corrected chi connectivity index (χ0v) is 7.05. The second-order valence-corrected chi connectivity index (χ2v) is 3.57. The average Bonchev–Trinajstić information content (AvgIpc) is 2.58. The zero-order valence-electron chi connectivity index (χ0n) is 7.05. The number of hydrogen-bond acceptors (Lipinski definition) is 2. The first-order valence-corrected chi connectivity index (χ1v) is 4.77. The summed E-state index contributed by atoms with van der Waals surface area (Å²) in [7, 11) is 0. The van der Waals surface area contributed by atoms with E-state index in [1.165, 1.54) is 45.3 Å². The van der Waals surface area contributed by atoms with Crippen LogP contribution >= 0.6 is 0 Å². The van der Waals surface area contributed by atoms with Crippen molar-refractivity contribution < 1.29 is 0 Å². The second kappa shape index (κ2) is 3.55. The van der Waals surface area contributed by atoms with Crippen LogP contribution < -0.4 is 5.32 Å². The molecule has 2 saturated heterocycles. The van der Waals surface area contributed by atoms with Crippen molar-refractivity contribution in [2.45, 2.75) is 31.7 Å². The van der Waals surface area contributed by atoms with E-state index in [-0.39, 0.29) is 0 Å². The summed E-state index contributed by atoms with van der Waals surface area (Å²) < 4.78 is 0. The normalized spacial score (nSPS) is 34.4. The van der Waals surface area contributed by atoms with Crippen LogP contribution in [0.1, 0.15) is 25.7 Å². The SMILES string of the molecule is [CH]1NCCC1N1CCCCC1. The van der Waals surface area contributed by atoms with Gasteiger partial charge in [0, 0.05) is 12.6 Å². The third-order valence-corrected chi connectivity index (χ3v) is 2.75. The maximum Gasteiger partial charge on any atom is 0.0393 e. The Morgan fingerprint density at radius 1 is 1.18 bits per heavy atom. The molecular weight excluding hydrogens is 136 g/mol. The molecule has 11 heavy (non-hydrogen) atoms. The third kappa shape index (κ3) is 1.74. The largest absolute Gasteiger partial charge is 0.311 e. The Morgan fingerprint density at radius 3 is 2.64 bits per heavy atom. The van der Waals surface area contributed by atoms with Crippen molar-refractivity contribution in [3.8, 4) is 0 Å². The summed E-state index contributed by atoms with van der Waals surface area (Å²) in [5.41, 5.74) is 0. The van der Waals surface area contributed by atoms with Gasteiger partial charge in [0.25, 0.3) is 0 Å². The van der Waals surface area contributed by atoms with Crippen LogP contribution in [0.25, 0.3) is 0 Å². The number of nitrogens with one attached hydrogen (secondary N) is 1. The van der Waals surface area contributed by atoms with E-state index in [0.29, 0.717) is 0 Å². The fourth-order valence-electron chi connectivity index (χ4n) is 2.07. The fraction of sp³-hybridized carbons (Fsp3) is 0.889. The van der Waals surface area contributed by atoms with Gasteiger partial charge in [0.05, 0.1) is 0 Å². The molecule has 2 nitrogen and oxygen atoms in total. The summed E-state index contributed by atoms with van der Waals surface area (Å²) in [4.78, 5) is 2.61. The van der Waals surface area contributed by atoms with Crippen LogP contribution in [-0.4, -0.2) is 30.6 Å². The molecule has 1 unspecified atom stereocenters. The number of nitrogens with zero attached hydrogens (tertiary/aromatic N) is 1. The van der Waals surface area contributed by atoms with Crippen LogP contribution in [-0.2, 0) is 0 Å². The van der Waals surface area contributed by atoms with Crippen LogP contribution in [0.2, 0.25) is 0 Å². The zero-order chi connectivity index (χ0) is 7.52. The van der Waals surface area contributed by atoms with Crippen molar-refractivity contribution in [1.82, 2.24) is 10.2 Å². The van der Waals surface area contributed by atoms with E-state index in [0.717, 1.165) is 6.04 Å². The maximum atomic E-state index is 3.30. The Morgan fingerprint density at radius 2 is 2.00 bits per heavy atom. The van der Waals surface area contributed by atoms with E-state index >= 15 is 0 Å². The average molecular weight is 153 g/mol. The molecular formula is C9H17N2. The molecule has 2 rings (SSSR count). The molecule has 0 aromatic carbocycles. The van der Waals surface area contributed by atoms with E-state index in [9.17, 15) is 0 Å². The van der Waals surface area contributed by atoms with Crippen LogP contribution in [0.4, 0.5) is 0 Å². The van der Waals surface area contributed by atoms with Crippen LogP contribution in [0.3, 0.4) is 0 Å². The van der Waals surface area contributed by atoms with Crippen molar-refractivity contribution in [3.05, 3.63) is 6.54 Å². The summed E-state index contributed by atoms with van der Waals surface area (Å²) in [6.45, 7) is 6.10. The Bertz CT molecular complexity index is 113. The minimum Gasteiger partial charge on any atom is -0.311 e. The summed E-state index contributed by atoms with van der Waals surface area (Å²) in [5.74, 6) is 0. The highest BCUT2D eigenvalue weighted by Gasteiger charge is 2.23. The molecule has 1 N–H and O–H groups in total. The number of hydrogen-bond donors (Lipinski definition) is 1. The van der Waals surface area contributed by atoms with Gasteiger partial charge < -0.3 is 5.32 Å². The molecule has 2 heterocycles. The highest BCUT2D eigenvalue weighted by molar-refractivity contribution is 4.90. The lowest BCUT2D eigenvalue weighted by Crippen LogP contribution is -2.38. The molecule has 0 aromatic rings. The van der Waals surface area contributed by atoms with E-state index < -0.39 is 0 Å². The molecule has 0 bridgehead atoms. The van der Waals surface area contributed by atoms with E-state index in [2.05, 4.69) is 16.8 Å². The molecule has 1 radical (unpaired) electrons. The Labute approximate surface area is 69.0 Å². The van der Waals surface area contributed by atoms with Gasteiger partial charge in [0.2, 0.25) is 0 Å². The van der Waals surface area contributed by atoms with Crippen molar-refractivity contribution in [3.63, 3.8) is 0 Å². The van der Waals surface area contributed by atoms with Gasteiger partial charge in [0.1, 0.15) is 0 Å². The second-order valence-electron chi connectivity index (χ2n) is 3.57. The van der Waals surface area contributed by atoms with E-state index in [1.807, 2.05) is 0 Å². The quantitative estimate of drug-likeness (QED) is 0.604. The molecule has 2 fully saturated rings. The summed E-state index contributed by atoms with van der Waals surface area (Å²) in [6.07, 6.45) is 5.57. The van der Waals surface area contributed by atoms with E-state index in [1.54, 1.807) is 0 Å². The lowest BCUT2D eigenvalue weighted by atomic mass is 10.1. The predicted molar refractivity (Wildman–Crippen MR) is 46.1 cm³/mol. The van der Waals surface area contributed by atoms with Crippen LogP contribution in [0.5, 0.6) is 0 Å². The number of piperidine rings is 1. The van der Waals surface area contributed by atoms with Crippen molar-refractivity contribution in [1.29, 1.82) is 0 Å². The predicted octanol–water partition coefficient (Wildman–Crippen LogP) is 0.996. The van der Waals surface area contributed by atoms with Gasteiger partial charge in [-0.25, -0.2) is 0 Å². The highest BCUT2D eigenvalue weighted by Crippen LogP contribution is 2.17. The highest BCUT2D eigenvalue weighted by atomic mass is 15.2. The van der Waals surface area contributed by atoms with Crippen molar-refractivity contribution >= 4 is 0 Å². The molecule has 2 aliphatic heterocycles. The standard InChI is InChI=1S/C9H17N2/c1-2-6-11(7-3-1)9-4-5-10-8-9/h8-10H,1-7H2. The molecule has 0 saturated carbocycles. The maximum absolute atomic E-state index is 3.30. The minimum atomic E-state index is 0.746. The third-order valence-electron chi connectivity index (χ3n) is 2.75. The first kappa shape index (κ1) is 7.56. The van der Waals surface area contributed by atoms with Gasteiger partial charge in [-0.05, 0) is 38.9 Å². The van der Waals surface area contributed by atoms with Crippen molar-refractivity contribution in [2.24, 2.45) is 0 Å². The lowest BCUT2D eigenvalue weighted by molar-refractivity contribution is 0.185. The monoisotopic (exact) mass is 153 g/mol. The van der Waals surface area contributed by atoms with Gasteiger partial charge in [-0.3, -0.25) is 4.90 Å². The Hall–Kier alpha value is -0.0800. The summed E-state index contributed by atoms with van der Waals surface area (Å²) in [5, 5.41) is 3.30. The molecule has 0 aromatic heterocycles.